The fourth-order valence-corrected chi connectivity index (χ4v) is 4.34. The molecule has 1 fully saturated rings. The number of amides is 1. The zero-order valence-electron chi connectivity index (χ0n) is 16.8. The molecular formula is C23H23N3O4. The third kappa shape index (κ3) is 3.10. The molecule has 0 spiro atoms. The van der Waals surface area contributed by atoms with Gasteiger partial charge in [0.05, 0.1) is 24.6 Å². The van der Waals surface area contributed by atoms with E-state index in [-0.39, 0.29) is 17.5 Å². The Bertz CT molecular complexity index is 1190. The molecule has 1 aromatic heterocycles. The van der Waals surface area contributed by atoms with Crippen molar-refractivity contribution >= 4 is 16.7 Å². The SMILES string of the molecule is Cn1nc(C(=O)N2CCCC2c2ccc3c(c2)OCCCO3)c2ccccc2c1=O. The van der Waals surface area contributed by atoms with Crippen LogP contribution < -0.4 is 15.0 Å². The lowest BCUT2D eigenvalue weighted by Gasteiger charge is -2.26. The molecule has 5 rings (SSSR count). The predicted molar refractivity (Wildman–Crippen MR) is 112 cm³/mol. The van der Waals surface area contributed by atoms with Crippen molar-refractivity contribution in [3.05, 3.63) is 64.1 Å². The van der Waals surface area contributed by atoms with Crippen LogP contribution in [0.1, 0.15) is 41.4 Å². The van der Waals surface area contributed by atoms with E-state index in [2.05, 4.69) is 5.10 Å². The summed E-state index contributed by atoms with van der Waals surface area (Å²) >= 11 is 0. The highest BCUT2D eigenvalue weighted by Crippen LogP contribution is 2.38. The first-order chi connectivity index (χ1) is 14.6. The first-order valence-corrected chi connectivity index (χ1v) is 10.3. The Morgan fingerprint density at radius 1 is 1.03 bits per heavy atom. The highest BCUT2D eigenvalue weighted by molar-refractivity contribution is 6.05. The Morgan fingerprint density at radius 3 is 2.63 bits per heavy atom. The molecule has 3 aromatic rings. The Labute approximate surface area is 173 Å². The quantitative estimate of drug-likeness (QED) is 0.655. The van der Waals surface area contributed by atoms with Gasteiger partial charge in [0.2, 0.25) is 0 Å². The standard InChI is InChI=1S/C23H23N3O4/c1-25-22(27)17-7-3-2-6-16(17)21(24-25)23(28)26-11-4-8-18(26)15-9-10-19-20(14-15)30-13-5-12-29-19/h2-3,6-7,9-10,14,18H,4-5,8,11-13H2,1H3. The molecule has 3 heterocycles. The average molecular weight is 405 g/mol. The summed E-state index contributed by atoms with van der Waals surface area (Å²) in [6.45, 7) is 1.92. The lowest BCUT2D eigenvalue weighted by molar-refractivity contribution is 0.0729. The number of carbonyl (C=O) groups is 1. The van der Waals surface area contributed by atoms with E-state index in [4.69, 9.17) is 9.47 Å². The zero-order chi connectivity index (χ0) is 20.7. The Kier molecular flexibility index (Phi) is 4.65. The minimum Gasteiger partial charge on any atom is -0.490 e. The number of aryl methyl sites for hydroxylation is 1. The van der Waals surface area contributed by atoms with Gasteiger partial charge in [0.25, 0.3) is 11.5 Å². The number of likely N-dealkylation sites (tertiary alicyclic amines) is 1. The molecule has 30 heavy (non-hydrogen) atoms. The zero-order valence-corrected chi connectivity index (χ0v) is 16.8. The molecule has 2 aliphatic rings. The summed E-state index contributed by atoms with van der Waals surface area (Å²) in [5.74, 6) is 1.32. The van der Waals surface area contributed by atoms with Crippen molar-refractivity contribution in [3.63, 3.8) is 0 Å². The smallest absolute Gasteiger partial charge is 0.275 e. The molecule has 1 amide bonds. The fraction of sp³-hybridized carbons (Fsp3) is 0.348. The van der Waals surface area contributed by atoms with Crippen LogP contribution in [-0.4, -0.2) is 40.3 Å². The van der Waals surface area contributed by atoms with Crippen LogP contribution in [0.25, 0.3) is 10.8 Å². The number of fused-ring (bicyclic) bond motifs is 2. The van der Waals surface area contributed by atoms with Crippen LogP contribution in [0.5, 0.6) is 11.5 Å². The predicted octanol–water partition coefficient (Wildman–Crippen LogP) is 3.07. The summed E-state index contributed by atoms with van der Waals surface area (Å²) < 4.78 is 12.8. The topological polar surface area (TPSA) is 73.7 Å². The van der Waals surface area contributed by atoms with E-state index in [0.29, 0.717) is 36.2 Å². The third-order valence-corrected chi connectivity index (χ3v) is 5.83. The van der Waals surface area contributed by atoms with Gasteiger partial charge in [-0.15, -0.1) is 0 Å². The number of ether oxygens (including phenoxy) is 2. The van der Waals surface area contributed by atoms with Crippen LogP contribution in [-0.2, 0) is 7.05 Å². The van der Waals surface area contributed by atoms with Gasteiger partial charge >= 0.3 is 0 Å². The first-order valence-electron chi connectivity index (χ1n) is 10.3. The van der Waals surface area contributed by atoms with E-state index in [0.717, 1.165) is 36.3 Å². The second-order valence-electron chi connectivity index (χ2n) is 7.74. The molecule has 7 heteroatoms. The van der Waals surface area contributed by atoms with Gasteiger partial charge in [-0.3, -0.25) is 9.59 Å². The summed E-state index contributed by atoms with van der Waals surface area (Å²) in [7, 11) is 1.58. The van der Waals surface area contributed by atoms with Gasteiger partial charge in [0, 0.05) is 25.4 Å². The summed E-state index contributed by atoms with van der Waals surface area (Å²) in [6, 6.07) is 13.0. The van der Waals surface area contributed by atoms with Crippen LogP contribution in [0.3, 0.4) is 0 Å². The maximum absolute atomic E-state index is 13.5. The number of nitrogens with zero attached hydrogens (tertiary/aromatic N) is 3. The van der Waals surface area contributed by atoms with E-state index in [1.54, 1.807) is 25.2 Å². The van der Waals surface area contributed by atoms with Gasteiger partial charge in [-0.2, -0.15) is 5.10 Å². The Hall–Kier alpha value is -3.35. The van der Waals surface area contributed by atoms with Crippen molar-refractivity contribution in [3.8, 4) is 11.5 Å². The van der Waals surface area contributed by atoms with E-state index < -0.39 is 0 Å². The minimum absolute atomic E-state index is 0.0625. The molecule has 154 valence electrons. The molecule has 1 atom stereocenters. The van der Waals surface area contributed by atoms with E-state index in [9.17, 15) is 9.59 Å². The van der Waals surface area contributed by atoms with Crippen molar-refractivity contribution in [1.29, 1.82) is 0 Å². The fourth-order valence-electron chi connectivity index (χ4n) is 4.34. The molecule has 2 aromatic carbocycles. The summed E-state index contributed by atoms with van der Waals surface area (Å²) in [6.07, 6.45) is 2.63. The summed E-state index contributed by atoms with van der Waals surface area (Å²) in [5.41, 5.74) is 1.14. The van der Waals surface area contributed by atoms with Gasteiger partial charge < -0.3 is 14.4 Å². The molecule has 0 aliphatic carbocycles. The molecular weight excluding hydrogens is 382 g/mol. The van der Waals surface area contributed by atoms with Crippen molar-refractivity contribution in [1.82, 2.24) is 14.7 Å². The number of benzene rings is 2. The minimum atomic E-state index is -0.206. The molecule has 0 N–H and O–H groups in total. The van der Waals surface area contributed by atoms with Crippen LogP contribution in [0, 0.1) is 0 Å². The average Bonchev–Trinajstić information content (AvgIpc) is 3.14. The van der Waals surface area contributed by atoms with Gasteiger partial charge in [-0.1, -0.05) is 24.3 Å². The lowest BCUT2D eigenvalue weighted by atomic mass is 10.0. The highest BCUT2D eigenvalue weighted by Gasteiger charge is 2.33. The van der Waals surface area contributed by atoms with Gasteiger partial charge in [0.15, 0.2) is 17.2 Å². The second-order valence-corrected chi connectivity index (χ2v) is 7.74. The highest BCUT2D eigenvalue weighted by atomic mass is 16.5. The first kappa shape index (κ1) is 18.7. The van der Waals surface area contributed by atoms with E-state index >= 15 is 0 Å². The van der Waals surface area contributed by atoms with Crippen LogP contribution >= 0.6 is 0 Å². The molecule has 1 unspecified atom stereocenters. The van der Waals surface area contributed by atoms with Gasteiger partial charge in [-0.25, -0.2) is 4.68 Å². The largest absolute Gasteiger partial charge is 0.490 e. The molecule has 7 nitrogen and oxygen atoms in total. The number of carbonyl (C=O) groups excluding carboxylic acids is 1. The molecule has 0 bridgehead atoms. The number of rotatable bonds is 2. The van der Waals surface area contributed by atoms with E-state index in [1.807, 2.05) is 29.2 Å². The van der Waals surface area contributed by atoms with Crippen LogP contribution in [0.15, 0.2) is 47.3 Å². The molecule has 2 aliphatic heterocycles. The number of hydrogen-bond donors (Lipinski definition) is 0. The summed E-state index contributed by atoms with van der Waals surface area (Å²) in [4.78, 5) is 27.8. The Balaban J connectivity index is 1.53. The lowest BCUT2D eigenvalue weighted by Crippen LogP contribution is -2.33. The third-order valence-electron chi connectivity index (χ3n) is 5.83. The van der Waals surface area contributed by atoms with E-state index in [1.165, 1.54) is 4.68 Å². The van der Waals surface area contributed by atoms with Gasteiger partial charge in [-0.05, 0) is 36.6 Å². The van der Waals surface area contributed by atoms with Crippen molar-refractivity contribution in [2.75, 3.05) is 19.8 Å². The second kappa shape index (κ2) is 7.48. The number of aromatic nitrogens is 2. The van der Waals surface area contributed by atoms with Crippen molar-refractivity contribution < 1.29 is 14.3 Å². The van der Waals surface area contributed by atoms with Gasteiger partial charge in [0.1, 0.15) is 0 Å². The molecule has 0 radical (unpaired) electrons. The molecule has 1 saturated heterocycles. The maximum atomic E-state index is 13.5. The Morgan fingerprint density at radius 2 is 1.80 bits per heavy atom. The normalized spacial score (nSPS) is 18.4. The van der Waals surface area contributed by atoms with Crippen molar-refractivity contribution in [2.45, 2.75) is 25.3 Å². The van der Waals surface area contributed by atoms with Crippen LogP contribution in [0.2, 0.25) is 0 Å². The summed E-state index contributed by atoms with van der Waals surface area (Å²) in [5, 5.41) is 5.42. The maximum Gasteiger partial charge on any atom is 0.275 e. The monoisotopic (exact) mass is 405 g/mol. The molecule has 0 saturated carbocycles. The van der Waals surface area contributed by atoms with Crippen LogP contribution in [0.4, 0.5) is 0 Å². The van der Waals surface area contributed by atoms with Crippen molar-refractivity contribution in [2.24, 2.45) is 7.05 Å². The number of hydrogen-bond acceptors (Lipinski definition) is 5.